The van der Waals surface area contributed by atoms with Crippen molar-refractivity contribution < 1.29 is 64.7 Å². The number of methoxy groups -OCH3 is 3. The molecule has 3 N–H and O–H groups in total. The van der Waals surface area contributed by atoms with Crippen LogP contribution in [0.15, 0.2) is 111 Å². The molecule has 0 aromatic heterocycles. The first-order valence-corrected chi connectivity index (χ1v) is 24.6. The summed E-state index contributed by atoms with van der Waals surface area (Å²) < 4.78 is 83.7. The number of nitrogens with one attached hydrogen (secondary N) is 1. The number of aromatic hydroxyl groups is 1. The highest BCUT2D eigenvalue weighted by molar-refractivity contribution is 7.89. The van der Waals surface area contributed by atoms with E-state index in [0.29, 0.717) is 0 Å². The van der Waals surface area contributed by atoms with Crippen molar-refractivity contribution in [1.29, 1.82) is 0 Å². The molecule has 0 atom stereocenters. The molecule has 2 heterocycles. The van der Waals surface area contributed by atoms with Gasteiger partial charge in [0.25, 0.3) is 39.7 Å². The number of amides is 5. The lowest BCUT2D eigenvalue weighted by Crippen LogP contribution is -2.31. The van der Waals surface area contributed by atoms with E-state index in [1.807, 2.05) is 0 Å². The number of ether oxygens (including phenoxy) is 3. The van der Waals surface area contributed by atoms with E-state index in [0.717, 1.165) is 28.0 Å². The Kier molecular flexibility index (Phi) is 13.4. The molecule has 23 heteroatoms. The molecule has 2 aliphatic rings. The molecule has 0 fully saturated rings. The maximum absolute atomic E-state index is 14.6. The summed E-state index contributed by atoms with van der Waals surface area (Å²) in [4.78, 5) is 70.4. The number of rotatable bonds is 16. The average molecular weight is 1030 g/mol. The van der Waals surface area contributed by atoms with Crippen LogP contribution in [0.4, 0.5) is 17.1 Å². The molecule has 0 saturated heterocycles. The zero-order chi connectivity index (χ0) is 51.3. The zero-order valence-electron chi connectivity index (χ0n) is 38.2. The molecule has 6 aromatic rings. The Bertz CT molecular complexity index is 3480. The maximum atomic E-state index is 14.6. The number of azo groups is 1. The predicted octanol–water partition coefficient (Wildman–Crippen LogP) is 7.76. The van der Waals surface area contributed by atoms with Gasteiger partial charge in [-0.05, 0) is 65.7 Å². The summed E-state index contributed by atoms with van der Waals surface area (Å²) in [6.07, 6.45) is 0. The van der Waals surface area contributed by atoms with Crippen LogP contribution in [-0.2, 0) is 33.2 Å². The molecule has 8 rings (SSSR count). The Morgan fingerprint density at radius 2 is 1.21 bits per heavy atom. The molecular weight excluding hydrogens is 984 g/mol. The van der Waals surface area contributed by atoms with Crippen LogP contribution in [0.2, 0.25) is 5.02 Å². The van der Waals surface area contributed by atoms with Crippen molar-refractivity contribution >= 4 is 89.1 Å². The molecule has 0 radical (unpaired) electrons. The Morgan fingerprint density at radius 3 is 1.70 bits per heavy atom. The van der Waals surface area contributed by atoms with Crippen LogP contribution in [0, 0.1) is 0 Å². The van der Waals surface area contributed by atoms with Gasteiger partial charge in [0.05, 0.1) is 77.8 Å². The monoisotopic (exact) mass is 1020 g/mol. The molecule has 5 amide bonds. The van der Waals surface area contributed by atoms with Gasteiger partial charge < -0.3 is 24.6 Å². The van der Waals surface area contributed by atoms with Crippen molar-refractivity contribution in [3.8, 4) is 23.0 Å². The van der Waals surface area contributed by atoms with Gasteiger partial charge in [0.2, 0.25) is 10.0 Å². The fourth-order valence-corrected chi connectivity index (χ4v) is 11.1. The summed E-state index contributed by atoms with van der Waals surface area (Å²) in [6, 6.07) is 20.1. The van der Waals surface area contributed by atoms with E-state index in [1.54, 1.807) is 26.0 Å². The zero-order valence-corrected chi connectivity index (χ0v) is 40.6. The van der Waals surface area contributed by atoms with Gasteiger partial charge in [0.1, 0.15) is 33.5 Å². The minimum atomic E-state index is -5.51. The number of imide groups is 2. The minimum absolute atomic E-state index is 0.00276. The second-order valence-corrected chi connectivity index (χ2v) is 19.5. The third-order valence-electron chi connectivity index (χ3n) is 11.9. The first kappa shape index (κ1) is 49.7. The number of halogens is 1. The number of sulfonamides is 1. The van der Waals surface area contributed by atoms with Gasteiger partial charge in [-0.3, -0.25) is 38.3 Å². The minimum Gasteiger partial charge on any atom is -0.505 e. The summed E-state index contributed by atoms with van der Waals surface area (Å²) in [5.41, 5.74) is -2.25. The topological polar surface area (TPSA) is 268 Å². The predicted molar refractivity (Wildman–Crippen MR) is 257 cm³/mol. The van der Waals surface area contributed by atoms with Crippen molar-refractivity contribution in [3.63, 3.8) is 0 Å². The number of anilines is 1. The lowest BCUT2D eigenvalue weighted by Gasteiger charge is -2.23. The molecule has 6 aromatic carbocycles. The maximum Gasteiger partial charge on any atom is 0.295 e. The molecule has 20 nitrogen and oxygen atoms in total. The van der Waals surface area contributed by atoms with Gasteiger partial charge in [-0.2, -0.15) is 12.7 Å². The van der Waals surface area contributed by atoms with E-state index in [9.17, 15) is 50.5 Å². The molecule has 0 aliphatic carbocycles. The van der Waals surface area contributed by atoms with Gasteiger partial charge in [0.15, 0.2) is 5.75 Å². The number of carbonyl (C=O) groups excluding carboxylic acids is 5. The molecule has 2 aliphatic heterocycles. The Balaban J connectivity index is 1.43. The van der Waals surface area contributed by atoms with E-state index in [1.165, 1.54) is 86.3 Å². The van der Waals surface area contributed by atoms with Crippen LogP contribution in [0.3, 0.4) is 0 Å². The molecule has 0 spiro atoms. The second kappa shape index (κ2) is 19.2. The first-order chi connectivity index (χ1) is 33.8. The van der Waals surface area contributed by atoms with E-state index >= 15 is 0 Å². The number of carbonyl (C=O) groups is 5. The molecular formula is C48H41ClN6O14S2. The Hall–Kier alpha value is -7.76. The van der Waals surface area contributed by atoms with Gasteiger partial charge >= 0.3 is 0 Å². The van der Waals surface area contributed by atoms with Crippen molar-refractivity contribution in [2.75, 3.05) is 39.7 Å². The fourth-order valence-electron chi connectivity index (χ4n) is 8.48. The van der Waals surface area contributed by atoms with E-state index < -0.39 is 101 Å². The largest absolute Gasteiger partial charge is 0.505 e. The quantitative estimate of drug-likeness (QED) is 0.0475. The van der Waals surface area contributed by atoms with Gasteiger partial charge in [-0.25, -0.2) is 8.42 Å². The number of fused-ring (bicyclic) bond motifs is 3. The Morgan fingerprint density at radius 1 is 0.690 bits per heavy atom. The van der Waals surface area contributed by atoms with Crippen LogP contribution >= 0.6 is 11.6 Å². The van der Waals surface area contributed by atoms with Crippen molar-refractivity contribution in [2.45, 2.75) is 36.7 Å². The third kappa shape index (κ3) is 8.80. The summed E-state index contributed by atoms with van der Waals surface area (Å²) in [5.74, 6) is -5.16. The van der Waals surface area contributed by atoms with Crippen LogP contribution < -0.4 is 19.5 Å². The lowest BCUT2D eigenvalue weighted by molar-refractivity contribution is 0.0629. The number of phenolic OH excluding ortho intramolecular Hbond substituents is 1. The van der Waals surface area contributed by atoms with Crippen LogP contribution in [-0.4, -0.2) is 105 Å². The summed E-state index contributed by atoms with van der Waals surface area (Å²) in [7, 11) is -5.74. The van der Waals surface area contributed by atoms with Gasteiger partial charge in [-0.15, -0.1) is 10.2 Å². The van der Waals surface area contributed by atoms with Crippen LogP contribution in [0.5, 0.6) is 23.0 Å². The number of hydrogen-bond donors (Lipinski definition) is 3. The van der Waals surface area contributed by atoms with E-state index in [2.05, 4.69) is 15.5 Å². The number of hydrogen-bond acceptors (Lipinski definition) is 15. The normalized spacial score (nSPS) is 13.7. The molecule has 0 unspecified atom stereocenters. The lowest BCUT2D eigenvalue weighted by atomic mass is 9.95. The molecule has 71 heavy (non-hydrogen) atoms. The number of nitrogens with zero attached hydrogens (tertiary/aromatic N) is 5. The average Bonchev–Trinajstić information content (AvgIpc) is 3.73. The van der Waals surface area contributed by atoms with Crippen molar-refractivity contribution in [1.82, 2.24) is 14.1 Å². The number of benzene rings is 6. The van der Waals surface area contributed by atoms with Crippen molar-refractivity contribution in [2.24, 2.45) is 10.2 Å². The summed E-state index contributed by atoms with van der Waals surface area (Å²) >= 11 is 6.41. The van der Waals surface area contributed by atoms with Crippen molar-refractivity contribution in [3.05, 3.63) is 135 Å². The second-order valence-electron chi connectivity index (χ2n) is 15.8. The molecule has 0 bridgehead atoms. The first-order valence-electron chi connectivity index (χ1n) is 21.3. The fraction of sp³-hybridized carbons (Fsp3) is 0.188. The SMILES string of the molecule is CCN(CC)S(=O)(=O)c1ccc(OC)c(N=Nc2c(O)c(C(=O)Nc3cc(Cl)c(OC)cc3OC)cc3c(S(=O)(=O)O)c(CN4C(=O)c5ccccc5C4=O)cc(CN4C(=O)c5ccccc5C4=O)c23)c1. The summed E-state index contributed by atoms with van der Waals surface area (Å²) in [6.45, 7) is 2.01. The van der Waals surface area contributed by atoms with Gasteiger partial charge in [-0.1, -0.05) is 55.8 Å². The highest BCUT2D eigenvalue weighted by atomic mass is 35.5. The van der Waals surface area contributed by atoms with Crippen LogP contribution in [0.1, 0.15) is 76.8 Å². The number of phenols is 1. The third-order valence-corrected chi connectivity index (χ3v) is 15.2. The standard InChI is InChI=1S/C48H41ClN6O14S2/c1-6-53(7-2)70(62,63)27-16-17-37(67-3)36(19-27)51-52-41-40-25(23-54-45(58)28-12-8-9-13-29(28)46(54)59)18-26(24-55-47(60)30-14-10-11-15-31(30)48(55)61)43(71(64,65)66)32(40)20-33(42(41)56)44(57)50-35-21-34(49)38(68-4)22-39(35)69-5/h8-22,56H,6-7,23-24H2,1-5H3,(H,50,57)(H,64,65,66). The van der Waals surface area contributed by atoms with Crippen LogP contribution in [0.25, 0.3) is 10.8 Å². The smallest absolute Gasteiger partial charge is 0.295 e. The molecule has 366 valence electrons. The van der Waals surface area contributed by atoms with Gasteiger partial charge in [0, 0.05) is 29.9 Å². The molecule has 0 saturated carbocycles. The highest BCUT2D eigenvalue weighted by Crippen LogP contribution is 2.47. The summed E-state index contributed by atoms with van der Waals surface area (Å²) in [5, 5.41) is 22.5. The Labute approximate surface area is 410 Å². The van der Waals surface area contributed by atoms with E-state index in [-0.39, 0.29) is 79.4 Å². The van der Waals surface area contributed by atoms with E-state index in [4.69, 9.17) is 25.8 Å². The highest BCUT2D eigenvalue weighted by Gasteiger charge is 2.40.